The second-order valence-corrected chi connectivity index (χ2v) is 10.2. The number of pyridine rings is 1. The van der Waals surface area contributed by atoms with Crippen molar-refractivity contribution in [2.75, 3.05) is 25.4 Å². The number of hydrogen-bond acceptors (Lipinski definition) is 4. The van der Waals surface area contributed by atoms with E-state index in [4.69, 9.17) is 0 Å². The quantitative estimate of drug-likeness (QED) is 0.600. The van der Waals surface area contributed by atoms with E-state index in [-0.39, 0.29) is 17.7 Å². The number of unbranched alkanes of at least 4 members (excludes halogenated alkanes) is 2. The van der Waals surface area contributed by atoms with Crippen molar-refractivity contribution in [1.29, 1.82) is 0 Å². The molecule has 1 saturated heterocycles. The molecule has 2 heterocycles. The topological polar surface area (TPSA) is 70.6 Å². The number of piperidine rings is 1. The molecule has 3 rings (SSSR count). The number of carbonyl (C=O) groups is 1. The fourth-order valence-electron chi connectivity index (χ4n) is 4.01. The molecule has 0 aliphatic carbocycles. The van der Waals surface area contributed by atoms with Gasteiger partial charge in [0.05, 0.1) is 5.75 Å². The van der Waals surface area contributed by atoms with Gasteiger partial charge in [0.25, 0.3) is 5.91 Å². The van der Waals surface area contributed by atoms with Crippen molar-refractivity contribution in [2.24, 2.45) is 0 Å². The van der Waals surface area contributed by atoms with E-state index in [1.807, 2.05) is 42.2 Å². The molecule has 0 radical (unpaired) electrons. The highest BCUT2D eigenvalue weighted by molar-refractivity contribution is 7.89. The summed E-state index contributed by atoms with van der Waals surface area (Å²) >= 11 is 0. The molecule has 1 aliphatic heterocycles. The van der Waals surface area contributed by atoms with Crippen LogP contribution in [0.2, 0.25) is 0 Å². The molecule has 30 heavy (non-hydrogen) atoms. The van der Waals surface area contributed by atoms with Gasteiger partial charge in [0, 0.05) is 37.3 Å². The summed E-state index contributed by atoms with van der Waals surface area (Å²) in [5, 5.41) is 2.02. The Morgan fingerprint density at radius 2 is 1.77 bits per heavy atom. The lowest BCUT2D eigenvalue weighted by molar-refractivity contribution is 0.0608. The minimum atomic E-state index is -3.19. The Balaban J connectivity index is 1.73. The standard InChI is InChI=1S/C23H33N3O3S/c1-3-5-13-26(21-11-14-25(15-12-21)30(28,29)16-6-4-2)23(27)22-17-19-9-7-8-10-20(19)18-24-22/h7-10,17-18,21H,3-6,11-16H2,1-2H3. The van der Waals surface area contributed by atoms with Crippen LogP contribution in [0.25, 0.3) is 10.8 Å². The Kier molecular flexibility index (Phi) is 7.83. The molecule has 2 aromatic rings. The number of benzene rings is 1. The molecule has 1 fully saturated rings. The molecule has 0 saturated carbocycles. The molecular formula is C23H33N3O3S. The average Bonchev–Trinajstić information content (AvgIpc) is 2.78. The molecule has 0 atom stereocenters. The molecule has 6 nitrogen and oxygen atoms in total. The number of fused-ring (bicyclic) bond motifs is 1. The fraction of sp³-hybridized carbons (Fsp3) is 0.565. The lowest BCUT2D eigenvalue weighted by Gasteiger charge is -2.38. The van der Waals surface area contributed by atoms with Crippen LogP contribution in [-0.4, -0.2) is 59.9 Å². The number of aromatic nitrogens is 1. The maximum absolute atomic E-state index is 13.3. The highest BCUT2D eigenvalue weighted by atomic mass is 32.2. The number of hydrogen-bond donors (Lipinski definition) is 0. The summed E-state index contributed by atoms with van der Waals surface area (Å²) in [5.74, 6) is 0.162. The van der Waals surface area contributed by atoms with Crippen molar-refractivity contribution in [3.63, 3.8) is 0 Å². The van der Waals surface area contributed by atoms with Crippen molar-refractivity contribution < 1.29 is 13.2 Å². The predicted octanol–water partition coefficient (Wildman–Crippen LogP) is 4.07. The number of rotatable bonds is 9. The largest absolute Gasteiger partial charge is 0.334 e. The third kappa shape index (κ3) is 5.38. The van der Waals surface area contributed by atoms with E-state index in [0.29, 0.717) is 44.6 Å². The first-order valence-corrected chi connectivity index (χ1v) is 12.7. The lowest BCUT2D eigenvalue weighted by atomic mass is 10.0. The van der Waals surface area contributed by atoms with Gasteiger partial charge in [-0.1, -0.05) is 51.0 Å². The van der Waals surface area contributed by atoms with Gasteiger partial charge in [-0.3, -0.25) is 9.78 Å². The van der Waals surface area contributed by atoms with Crippen LogP contribution < -0.4 is 0 Å². The molecule has 0 bridgehead atoms. The number of sulfonamides is 1. The van der Waals surface area contributed by atoms with Crippen molar-refractivity contribution in [2.45, 2.75) is 58.4 Å². The molecule has 0 N–H and O–H groups in total. The maximum Gasteiger partial charge on any atom is 0.272 e. The summed E-state index contributed by atoms with van der Waals surface area (Å²) < 4.78 is 26.6. The SMILES string of the molecule is CCCCN(C(=O)c1cc2ccccc2cn1)C1CCN(S(=O)(=O)CCCC)CC1. The molecule has 1 aromatic carbocycles. The van der Waals surface area contributed by atoms with Crippen molar-refractivity contribution in [1.82, 2.24) is 14.2 Å². The molecule has 164 valence electrons. The van der Waals surface area contributed by atoms with Crippen molar-refractivity contribution >= 4 is 26.7 Å². The van der Waals surface area contributed by atoms with Crippen LogP contribution >= 0.6 is 0 Å². The minimum Gasteiger partial charge on any atom is -0.334 e. The van der Waals surface area contributed by atoms with Gasteiger partial charge in [-0.2, -0.15) is 0 Å². The normalized spacial score (nSPS) is 16.1. The minimum absolute atomic E-state index is 0.0509. The molecule has 0 spiro atoms. The smallest absolute Gasteiger partial charge is 0.272 e. The highest BCUT2D eigenvalue weighted by Crippen LogP contribution is 2.23. The predicted molar refractivity (Wildman–Crippen MR) is 121 cm³/mol. The Bertz CT molecular complexity index is 953. The second-order valence-electron chi connectivity index (χ2n) is 8.07. The Hall–Kier alpha value is -1.99. The van der Waals surface area contributed by atoms with Gasteiger partial charge in [0.2, 0.25) is 10.0 Å². The van der Waals surface area contributed by atoms with Crippen LogP contribution in [-0.2, 0) is 10.0 Å². The molecular weight excluding hydrogens is 398 g/mol. The number of nitrogens with zero attached hydrogens (tertiary/aromatic N) is 3. The maximum atomic E-state index is 13.3. The van der Waals surface area contributed by atoms with Crippen LogP contribution in [0.3, 0.4) is 0 Å². The zero-order valence-corrected chi connectivity index (χ0v) is 18.9. The van der Waals surface area contributed by atoms with E-state index < -0.39 is 10.0 Å². The van der Waals surface area contributed by atoms with Gasteiger partial charge in [-0.05, 0) is 37.1 Å². The summed E-state index contributed by atoms with van der Waals surface area (Å²) in [6, 6.07) is 9.81. The van der Waals surface area contributed by atoms with E-state index >= 15 is 0 Å². The Morgan fingerprint density at radius 1 is 1.10 bits per heavy atom. The second kappa shape index (κ2) is 10.4. The first-order chi connectivity index (χ1) is 14.5. The van der Waals surface area contributed by atoms with Gasteiger partial charge in [-0.25, -0.2) is 12.7 Å². The summed E-state index contributed by atoms with van der Waals surface area (Å²) in [6.45, 7) is 5.76. The fourth-order valence-corrected chi connectivity index (χ4v) is 5.69. The Morgan fingerprint density at radius 3 is 2.43 bits per heavy atom. The first kappa shape index (κ1) is 22.7. The summed E-state index contributed by atoms with van der Waals surface area (Å²) in [6.07, 6.45) is 6.59. The molecule has 1 aliphatic rings. The molecule has 0 unspecified atom stereocenters. The van der Waals surface area contributed by atoms with Crippen molar-refractivity contribution in [3.8, 4) is 0 Å². The van der Waals surface area contributed by atoms with E-state index in [1.165, 1.54) is 0 Å². The molecule has 1 aromatic heterocycles. The summed E-state index contributed by atoms with van der Waals surface area (Å²) in [7, 11) is -3.19. The number of carbonyl (C=O) groups excluding carboxylic acids is 1. The Labute approximate surface area is 180 Å². The van der Waals surface area contributed by atoms with Gasteiger partial charge in [0.15, 0.2) is 0 Å². The van der Waals surface area contributed by atoms with Crippen LogP contribution in [0, 0.1) is 0 Å². The molecule has 7 heteroatoms. The molecule has 1 amide bonds. The zero-order valence-electron chi connectivity index (χ0n) is 18.1. The first-order valence-electron chi connectivity index (χ1n) is 11.1. The van der Waals surface area contributed by atoms with E-state index in [0.717, 1.165) is 30.0 Å². The van der Waals surface area contributed by atoms with Gasteiger partial charge >= 0.3 is 0 Å². The highest BCUT2D eigenvalue weighted by Gasteiger charge is 2.32. The third-order valence-corrected chi connectivity index (χ3v) is 7.83. The van der Waals surface area contributed by atoms with E-state index in [2.05, 4.69) is 11.9 Å². The van der Waals surface area contributed by atoms with Crippen LogP contribution in [0.1, 0.15) is 62.9 Å². The van der Waals surface area contributed by atoms with Crippen molar-refractivity contribution in [3.05, 3.63) is 42.2 Å². The average molecular weight is 432 g/mol. The van der Waals surface area contributed by atoms with Crippen LogP contribution in [0.5, 0.6) is 0 Å². The zero-order chi connectivity index (χ0) is 21.6. The van der Waals surface area contributed by atoms with Gasteiger partial charge in [0.1, 0.15) is 5.69 Å². The van der Waals surface area contributed by atoms with Gasteiger partial charge in [-0.15, -0.1) is 0 Å². The van der Waals surface area contributed by atoms with Crippen LogP contribution in [0.15, 0.2) is 36.5 Å². The monoisotopic (exact) mass is 431 g/mol. The summed E-state index contributed by atoms with van der Waals surface area (Å²) in [5.41, 5.74) is 0.461. The van der Waals surface area contributed by atoms with E-state index in [9.17, 15) is 13.2 Å². The van der Waals surface area contributed by atoms with Gasteiger partial charge < -0.3 is 4.90 Å². The lowest BCUT2D eigenvalue weighted by Crippen LogP contribution is -2.49. The van der Waals surface area contributed by atoms with Crippen LogP contribution in [0.4, 0.5) is 0 Å². The third-order valence-electron chi connectivity index (χ3n) is 5.88. The summed E-state index contributed by atoms with van der Waals surface area (Å²) in [4.78, 5) is 19.7. The number of amides is 1. The van der Waals surface area contributed by atoms with E-state index in [1.54, 1.807) is 10.5 Å².